The molecule has 0 heterocycles. The number of nitrogens with one attached hydrogen (secondary N) is 1. The first-order chi connectivity index (χ1) is 14.8. The van der Waals surface area contributed by atoms with Crippen LogP contribution in [0.1, 0.15) is 31.8 Å². The van der Waals surface area contributed by atoms with Crippen LogP contribution >= 0.6 is 11.8 Å². The minimum absolute atomic E-state index is 0.182. The van der Waals surface area contributed by atoms with Crippen LogP contribution in [-0.4, -0.2) is 49.5 Å². The van der Waals surface area contributed by atoms with E-state index < -0.39 is 0 Å². The van der Waals surface area contributed by atoms with Gasteiger partial charge in [-0.2, -0.15) is 0 Å². The Morgan fingerprint density at radius 2 is 1.45 bits per heavy atom. The minimum atomic E-state index is -0.201. The molecule has 0 fully saturated rings. The van der Waals surface area contributed by atoms with Crippen molar-refractivity contribution in [3.05, 3.63) is 82.9 Å². The number of nitrogens with zero attached hydrogens (tertiary/aromatic N) is 1. The van der Waals surface area contributed by atoms with Gasteiger partial charge in [-0.3, -0.25) is 9.59 Å². The van der Waals surface area contributed by atoms with Gasteiger partial charge in [0, 0.05) is 27.5 Å². The van der Waals surface area contributed by atoms with Gasteiger partial charge in [-0.15, -0.1) is 11.8 Å². The van der Waals surface area contributed by atoms with Crippen molar-refractivity contribution < 1.29 is 14.1 Å². The van der Waals surface area contributed by atoms with E-state index in [0.717, 1.165) is 27.4 Å². The first-order valence-electron chi connectivity index (χ1n) is 10.2. The van der Waals surface area contributed by atoms with E-state index in [4.69, 9.17) is 5.73 Å². The number of nitrogen functional groups attached to an aromatic ring is 1. The number of hydrogen-bond donors (Lipinski definition) is 2. The lowest BCUT2D eigenvalue weighted by Gasteiger charge is -2.25. The standard InChI is InChI=1S/C25H25N3O2S/c1-28(2,3)13-14-31-20-15-19(27-16-9-5-4-6-10-16)21-22(23(20)26)25(30)18-12-8-7-11-17(18)24(21)29/h4-12,15H,13-14H2,1-3H3,(H2-,26,27,29,30)/p+1. The number of fused-ring (bicyclic) bond motifs is 2. The number of nitrogens with two attached hydrogens (primary N) is 1. The largest absolute Gasteiger partial charge is 0.397 e. The summed E-state index contributed by atoms with van der Waals surface area (Å²) in [5.41, 5.74) is 9.81. The van der Waals surface area contributed by atoms with Crippen molar-refractivity contribution in [3.8, 4) is 0 Å². The summed E-state index contributed by atoms with van der Waals surface area (Å²) in [6, 6.07) is 18.5. The van der Waals surface area contributed by atoms with Crippen LogP contribution in [0.15, 0.2) is 65.6 Å². The molecule has 5 nitrogen and oxygen atoms in total. The second-order valence-electron chi connectivity index (χ2n) is 8.64. The molecule has 6 heteroatoms. The van der Waals surface area contributed by atoms with Gasteiger partial charge >= 0.3 is 0 Å². The highest BCUT2D eigenvalue weighted by atomic mass is 32.2. The summed E-state index contributed by atoms with van der Waals surface area (Å²) in [6.07, 6.45) is 0. The molecule has 0 spiro atoms. The van der Waals surface area contributed by atoms with E-state index >= 15 is 0 Å². The highest BCUT2D eigenvalue weighted by Gasteiger charge is 2.34. The number of carbonyl (C=O) groups is 2. The van der Waals surface area contributed by atoms with E-state index in [1.165, 1.54) is 0 Å². The quantitative estimate of drug-likeness (QED) is 0.265. The van der Waals surface area contributed by atoms with Crippen molar-refractivity contribution in [2.75, 3.05) is 44.5 Å². The van der Waals surface area contributed by atoms with Crippen molar-refractivity contribution >= 4 is 40.4 Å². The Labute approximate surface area is 186 Å². The van der Waals surface area contributed by atoms with Gasteiger partial charge < -0.3 is 15.5 Å². The molecule has 0 aliphatic heterocycles. The predicted octanol–water partition coefficient (Wildman–Crippen LogP) is 4.59. The van der Waals surface area contributed by atoms with Crippen LogP contribution in [0.5, 0.6) is 0 Å². The van der Waals surface area contributed by atoms with E-state index in [9.17, 15) is 9.59 Å². The van der Waals surface area contributed by atoms with Crippen molar-refractivity contribution in [3.63, 3.8) is 0 Å². The SMILES string of the molecule is C[N+](C)(C)CCSc1cc(Nc2ccccc2)c2c(c1N)C(=O)c1ccccc1C2=O. The fourth-order valence-electron chi connectivity index (χ4n) is 3.62. The van der Waals surface area contributed by atoms with Gasteiger partial charge in [-0.25, -0.2) is 0 Å². The average Bonchev–Trinajstić information content (AvgIpc) is 2.74. The summed E-state index contributed by atoms with van der Waals surface area (Å²) in [5, 5.41) is 3.34. The lowest BCUT2D eigenvalue weighted by Crippen LogP contribution is -2.36. The maximum absolute atomic E-state index is 13.4. The van der Waals surface area contributed by atoms with Gasteiger partial charge in [0.15, 0.2) is 11.6 Å². The van der Waals surface area contributed by atoms with E-state index in [1.807, 2.05) is 36.4 Å². The molecule has 0 unspecified atom stereocenters. The first-order valence-corrected chi connectivity index (χ1v) is 11.1. The third-order valence-corrected chi connectivity index (χ3v) is 6.31. The number of quaternary nitrogens is 1. The lowest BCUT2D eigenvalue weighted by molar-refractivity contribution is -0.867. The highest BCUT2D eigenvalue weighted by molar-refractivity contribution is 7.99. The van der Waals surface area contributed by atoms with Gasteiger partial charge in [0.1, 0.15) is 0 Å². The molecule has 3 aromatic carbocycles. The Morgan fingerprint density at radius 3 is 2.06 bits per heavy atom. The monoisotopic (exact) mass is 432 g/mol. The second kappa shape index (κ2) is 8.21. The molecule has 0 aromatic heterocycles. The zero-order valence-electron chi connectivity index (χ0n) is 17.9. The van der Waals surface area contributed by atoms with Crippen LogP contribution in [0, 0.1) is 0 Å². The third kappa shape index (κ3) is 4.22. The minimum Gasteiger partial charge on any atom is -0.397 e. The number of thioether (sulfide) groups is 1. The Kier molecular flexibility index (Phi) is 5.60. The smallest absolute Gasteiger partial charge is 0.196 e. The molecule has 0 saturated heterocycles. The number of hydrogen-bond acceptors (Lipinski definition) is 5. The van der Waals surface area contributed by atoms with Crippen LogP contribution in [0.25, 0.3) is 0 Å². The lowest BCUT2D eigenvalue weighted by atomic mass is 9.82. The number of para-hydroxylation sites is 1. The van der Waals surface area contributed by atoms with Gasteiger partial charge in [0.05, 0.1) is 50.2 Å². The second-order valence-corrected chi connectivity index (χ2v) is 9.78. The molecule has 0 amide bonds. The van der Waals surface area contributed by atoms with E-state index in [0.29, 0.717) is 33.6 Å². The number of carbonyl (C=O) groups excluding carboxylic acids is 2. The van der Waals surface area contributed by atoms with Gasteiger partial charge in [-0.05, 0) is 18.2 Å². The van der Waals surface area contributed by atoms with Gasteiger partial charge in [0.2, 0.25) is 0 Å². The summed E-state index contributed by atoms with van der Waals surface area (Å²) in [7, 11) is 6.41. The van der Waals surface area contributed by atoms with Crippen LogP contribution in [-0.2, 0) is 0 Å². The normalized spacial score (nSPS) is 13.0. The fourth-order valence-corrected chi connectivity index (χ4v) is 4.94. The Balaban J connectivity index is 1.84. The van der Waals surface area contributed by atoms with Crippen molar-refractivity contribution in [2.24, 2.45) is 0 Å². The molecule has 158 valence electrons. The molecule has 0 saturated carbocycles. The van der Waals surface area contributed by atoms with Crippen LogP contribution in [0.2, 0.25) is 0 Å². The molecule has 4 rings (SSSR count). The van der Waals surface area contributed by atoms with Crippen molar-refractivity contribution in [2.45, 2.75) is 4.90 Å². The summed E-state index contributed by atoms with van der Waals surface area (Å²) >= 11 is 1.61. The molecule has 31 heavy (non-hydrogen) atoms. The Hall–Kier alpha value is -3.09. The highest BCUT2D eigenvalue weighted by Crippen LogP contribution is 2.41. The zero-order chi connectivity index (χ0) is 22.2. The number of anilines is 3. The molecule has 0 bridgehead atoms. The first kappa shape index (κ1) is 21.2. The Morgan fingerprint density at radius 1 is 0.871 bits per heavy atom. The third-order valence-electron chi connectivity index (χ3n) is 5.27. The van der Waals surface area contributed by atoms with E-state index in [-0.39, 0.29) is 11.6 Å². The number of ketones is 2. The van der Waals surface area contributed by atoms with Gasteiger partial charge in [-0.1, -0.05) is 42.5 Å². The summed E-state index contributed by atoms with van der Waals surface area (Å²) in [5.74, 6) is 0.460. The maximum atomic E-state index is 13.4. The molecule has 0 radical (unpaired) electrons. The molecule has 3 N–H and O–H groups in total. The van der Waals surface area contributed by atoms with Crippen LogP contribution in [0.3, 0.4) is 0 Å². The van der Waals surface area contributed by atoms with Crippen LogP contribution in [0.4, 0.5) is 17.1 Å². The molecular formula is C25H26N3O2S+. The fraction of sp³-hybridized carbons (Fsp3) is 0.200. The molecule has 3 aromatic rings. The average molecular weight is 433 g/mol. The van der Waals surface area contributed by atoms with Crippen molar-refractivity contribution in [1.29, 1.82) is 0 Å². The summed E-state index contributed by atoms with van der Waals surface area (Å²) in [6.45, 7) is 0.943. The van der Waals surface area contributed by atoms with Crippen molar-refractivity contribution in [1.82, 2.24) is 0 Å². The summed E-state index contributed by atoms with van der Waals surface area (Å²) in [4.78, 5) is 27.6. The number of rotatable bonds is 6. The van der Waals surface area contributed by atoms with Crippen LogP contribution < -0.4 is 11.1 Å². The summed E-state index contributed by atoms with van der Waals surface area (Å²) < 4.78 is 0.831. The predicted molar refractivity (Wildman–Crippen MR) is 128 cm³/mol. The molecule has 1 aliphatic rings. The molecular weight excluding hydrogens is 406 g/mol. The topological polar surface area (TPSA) is 72.2 Å². The zero-order valence-corrected chi connectivity index (χ0v) is 18.8. The van der Waals surface area contributed by atoms with E-state index in [2.05, 4.69) is 26.5 Å². The molecule has 0 atom stereocenters. The van der Waals surface area contributed by atoms with Gasteiger partial charge in [0.25, 0.3) is 0 Å². The molecule has 1 aliphatic carbocycles. The Bertz CT molecular complexity index is 1170. The number of benzene rings is 3. The maximum Gasteiger partial charge on any atom is 0.196 e. The van der Waals surface area contributed by atoms with E-state index in [1.54, 1.807) is 36.0 Å².